The van der Waals surface area contributed by atoms with Crippen molar-refractivity contribution in [2.45, 2.75) is 32.2 Å². The second-order valence-corrected chi connectivity index (χ2v) is 6.94. The average Bonchev–Trinajstić information content (AvgIpc) is 3.27. The fourth-order valence-electron chi connectivity index (χ4n) is 3.05. The van der Waals surface area contributed by atoms with E-state index in [1.165, 1.54) is 0 Å². The summed E-state index contributed by atoms with van der Waals surface area (Å²) in [6.45, 7) is 4.13. The molecule has 1 saturated heterocycles. The highest BCUT2D eigenvalue weighted by Gasteiger charge is 2.39. The molecule has 5 nitrogen and oxygen atoms in total. The highest BCUT2D eigenvalue weighted by Crippen LogP contribution is 2.38. The van der Waals surface area contributed by atoms with Gasteiger partial charge in [0.25, 0.3) is 5.91 Å². The molecule has 0 bridgehead atoms. The van der Waals surface area contributed by atoms with Crippen LogP contribution in [-0.4, -0.2) is 42.9 Å². The van der Waals surface area contributed by atoms with Gasteiger partial charge in [0.05, 0.1) is 0 Å². The lowest BCUT2D eigenvalue weighted by molar-refractivity contribution is -0.117. The summed E-state index contributed by atoms with van der Waals surface area (Å²) in [6.07, 6.45) is 2.97. The Morgan fingerprint density at radius 1 is 1.13 bits per heavy atom. The molecule has 2 amide bonds. The number of anilines is 1. The Hall–Kier alpha value is -1.88. The number of rotatable bonds is 4. The minimum Gasteiger partial charge on any atom is -0.349 e. The van der Waals surface area contributed by atoms with E-state index in [4.69, 9.17) is 0 Å². The largest absolute Gasteiger partial charge is 0.349 e. The number of carbonyl (C=O) groups is 2. The molecule has 2 N–H and O–H groups in total. The second-order valence-electron chi connectivity index (χ2n) is 6.94. The first-order valence-electron chi connectivity index (χ1n) is 8.43. The molecule has 0 radical (unpaired) electrons. The molecular formula is C18H25N3O2. The third-order valence-corrected chi connectivity index (χ3v) is 4.91. The lowest BCUT2D eigenvalue weighted by atomic mass is 10.0. The predicted molar refractivity (Wildman–Crippen MR) is 90.3 cm³/mol. The molecule has 23 heavy (non-hydrogen) atoms. The smallest absolute Gasteiger partial charge is 0.251 e. The number of hydrogen-bond acceptors (Lipinski definition) is 3. The van der Waals surface area contributed by atoms with Crippen LogP contribution in [-0.2, 0) is 4.79 Å². The molecule has 0 aromatic heterocycles. The molecule has 1 aliphatic carbocycles. The van der Waals surface area contributed by atoms with Crippen LogP contribution in [0.3, 0.4) is 0 Å². The molecule has 1 saturated carbocycles. The van der Waals surface area contributed by atoms with Crippen molar-refractivity contribution in [3.63, 3.8) is 0 Å². The lowest BCUT2D eigenvalue weighted by Gasteiger charge is -2.29. The summed E-state index contributed by atoms with van der Waals surface area (Å²) in [6, 6.07) is 7.41. The van der Waals surface area contributed by atoms with Crippen LogP contribution in [0.15, 0.2) is 24.3 Å². The normalized spacial score (nSPS) is 25.0. The van der Waals surface area contributed by atoms with Crippen LogP contribution >= 0.6 is 0 Å². The minimum atomic E-state index is -0.0340. The maximum atomic E-state index is 12.3. The monoisotopic (exact) mass is 315 g/mol. The summed E-state index contributed by atoms with van der Waals surface area (Å²) in [5.74, 6) is 0.700. The van der Waals surface area contributed by atoms with Gasteiger partial charge in [-0.25, -0.2) is 0 Å². The van der Waals surface area contributed by atoms with Crippen molar-refractivity contribution in [3.8, 4) is 0 Å². The molecule has 2 fully saturated rings. The van der Waals surface area contributed by atoms with Gasteiger partial charge in [-0.15, -0.1) is 0 Å². The quantitative estimate of drug-likeness (QED) is 0.894. The molecule has 1 heterocycles. The third kappa shape index (κ3) is 4.10. The summed E-state index contributed by atoms with van der Waals surface area (Å²) >= 11 is 0. The van der Waals surface area contributed by atoms with Crippen LogP contribution in [0.5, 0.6) is 0 Å². The van der Waals surface area contributed by atoms with Gasteiger partial charge in [0.2, 0.25) is 5.91 Å². The zero-order chi connectivity index (χ0) is 16.4. The van der Waals surface area contributed by atoms with Crippen molar-refractivity contribution in [2.24, 2.45) is 11.8 Å². The number of nitrogens with one attached hydrogen (secondary N) is 2. The number of hydrogen-bond donors (Lipinski definition) is 2. The molecule has 2 atom stereocenters. The van der Waals surface area contributed by atoms with Crippen LogP contribution in [0.1, 0.15) is 36.5 Å². The van der Waals surface area contributed by atoms with Crippen LogP contribution in [0.2, 0.25) is 0 Å². The van der Waals surface area contributed by atoms with Gasteiger partial charge < -0.3 is 15.5 Å². The molecule has 124 valence electrons. The molecule has 0 unspecified atom stereocenters. The van der Waals surface area contributed by atoms with Gasteiger partial charge in [0.15, 0.2) is 0 Å². The highest BCUT2D eigenvalue weighted by atomic mass is 16.2. The van der Waals surface area contributed by atoms with Crippen molar-refractivity contribution in [3.05, 3.63) is 29.8 Å². The molecule has 0 spiro atoms. The number of piperidine rings is 1. The average molecular weight is 315 g/mol. The van der Waals surface area contributed by atoms with Gasteiger partial charge in [-0.3, -0.25) is 9.59 Å². The highest BCUT2D eigenvalue weighted by molar-refractivity contribution is 5.97. The summed E-state index contributed by atoms with van der Waals surface area (Å²) in [5, 5.41) is 6.01. The standard InChI is InChI=1S/C18H25N3O2/c1-12-11-16(12)18(23)20-14-5-3-13(4-6-14)17(22)19-15-7-9-21(2)10-8-15/h3-6,12,15-16H,7-11H2,1-2H3,(H,19,22)(H,20,23)/t12-,16+/m1/s1. The van der Waals surface area contributed by atoms with Crippen molar-refractivity contribution in [1.82, 2.24) is 10.2 Å². The van der Waals surface area contributed by atoms with Crippen LogP contribution in [0.4, 0.5) is 5.69 Å². The third-order valence-electron chi connectivity index (χ3n) is 4.91. The Morgan fingerprint density at radius 2 is 1.74 bits per heavy atom. The molecule has 1 aromatic carbocycles. The van der Waals surface area contributed by atoms with Gasteiger partial charge in [-0.1, -0.05) is 6.92 Å². The molecule has 5 heteroatoms. The number of amides is 2. The minimum absolute atomic E-state index is 0.0340. The number of nitrogens with zero attached hydrogens (tertiary/aromatic N) is 1. The summed E-state index contributed by atoms with van der Waals surface area (Å²) < 4.78 is 0. The Balaban J connectivity index is 1.52. The first-order chi connectivity index (χ1) is 11.0. The first kappa shape index (κ1) is 16.0. The van der Waals surface area contributed by atoms with Gasteiger partial charge in [-0.2, -0.15) is 0 Å². The zero-order valence-electron chi connectivity index (χ0n) is 13.8. The molecule has 2 aliphatic rings. The van der Waals surface area contributed by atoms with E-state index in [1.807, 2.05) is 0 Å². The number of benzene rings is 1. The van der Waals surface area contributed by atoms with E-state index < -0.39 is 0 Å². The van der Waals surface area contributed by atoms with Crippen molar-refractivity contribution in [1.29, 1.82) is 0 Å². The topological polar surface area (TPSA) is 61.4 Å². The number of likely N-dealkylation sites (tertiary alicyclic amines) is 1. The van der Waals surface area contributed by atoms with Crippen LogP contribution < -0.4 is 10.6 Å². The van der Waals surface area contributed by atoms with Gasteiger partial charge in [-0.05, 0) is 69.6 Å². The fraction of sp³-hybridized carbons (Fsp3) is 0.556. The Kier molecular flexibility index (Phi) is 4.66. The van der Waals surface area contributed by atoms with Crippen molar-refractivity contribution >= 4 is 17.5 Å². The maximum Gasteiger partial charge on any atom is 0.251 e. The van der Waals surface area contributed by atoms with Crippen LogP contribution in [0.25, 0.3) is 0 Å². The van der Waals surface area contributed by atoms with E-state index in [1.54, 1.807) is 24.3 Å². The zero-order valence-corrected chi connectivity index (χ0v) is 13.8. The first-order valence-corrected chi connectivity index (χ1v) is 8.43. The Labute approximate surface area is 137 Å². The SMILES string of the molecule is C[C@@H]1C[C@@H]1C(=O)Nc1ccc(C(=O)NC2CCN(C)CC2)cc1. The fourth-order valence-corrected chi connectivity index (χ4v) is 3.05. The van der Waals surface area contributed by atoms with E-state index in [9.17, 15) is 9.59 Å². The Bertz CT molecular complexity index is 576. The van der Waals surface area contributed by atoms with Gasteiger partial charge in [0.1, 0.15) is 0 Å². The van der Waals surface area contributed by atoms with E-state index in [0.29, 0.717) is 11.5 Å². The van der Waals surface area contributed by atoms with Gasteiger partial charge in [0, 0.05) is 23.2 Å². The van der Waals surface area contributed by atoms with Crippen LogP contribution in [0, 0.1) is 11.8 Å². The Morgan fingerprint density at radius 3 is 2.30 bits per heavy atom. The van der Waals surface area contributed by atoms with E-state index >= 15 is 0 Å². The molecular weight excluding hydrogens is 290 g/mol. The molecule has 1 aromatic rings. The molecule has 1 aliphatic heterocycles. The van der Waals surface area contributed by atoms with Crippen molar-refractivity contribution < 1.29 is 9.59 Å². The summed E-state index contributed by atoms with van der Waals surface area (Å²) in [4.78, 5) is 26.5. The van der Waals surface area contributed by atoms with E-state index in [0.717, 1.165) is 38.0 Å². The number of carbonyl (C=O) groups excluding carboxylic acids is 2. The lowest BCUT2D eigenvalue weighted by Crippen LogP contribution is -2.43. The predicted octanol–water partition coefficient (Wildman–Crippen LogP) is 2.11. The van der Waals surface area contributed by atoms with E-state index in [2.05, 4.69) is 29.5 Å². The second kappa shape index (κ2) is 6.71. The van der Waals surface area contributed by atoms with Crippen molar-refractivity contribution in [2.75, 3.05) is 25.5 Å². The van der Waals surface area contributed by atoms with Gasteiger partial charge >= 0.3 is 0 Å². The summed E-state index contributed by atoms with van der Waals surface area (Å²) in [7, 11) is 2.10. The molecule has 3 rings (SSSR count). The van der Waals surface area contributed by atoms with E-state index in [-0.39, 0.29) is 23.8 Å². The summed E-state index contributed by atoms with van der Waals surface area (Å²) in [5.41, 5.74) is 1.40. The maximum absolute atomic E-state index is 12.3.